The van der Waals surface area contributed by atoms with E-state index in [4.69, 9.17) is 5.11 Å². The molecule has 0 aromatic heterocycles. The van der Waals surface area contributed by atoms with Crippen LogP contribution in [0, 0.1) is 0 Å². The molecule has 82 valence electrons. The Balaban J connectivity index is 2.82. The highest BCUT2D eigenvalue weighted by atomic mass is 19.4. The molecule has 1 nitrogen and oxygen atoms in total. The molecule has 0 aliphatic rings. The molecule has 0 aliphatic heterocycles. The highest BCUT2D eigenvalue weighted by molar-refractivity contribution is 5.50. The van der Waals surface area contributed by atoms with E-state index in [1.54, 1.807) is 13.0 Å². The van der Waals surface area contributed by atoms with E-state index in [0.717, 1.165) is 12.1 Å². The molecule has 0 saturated carbocycles. The molecule has 0 heterocycles. The number of benzene rings is 1. The molecule has 0 unspecified atom stereocenters. The van der Waals surface area contributed by atoms with Gasteiger partial charge in [0.15, 0.2) is 0 Å². The van der Waals surface area contributed by atoms with Gasteiger partial charge in [0.1, 0.15) is 0 Å². The Kier molecular flexibility index (Phi) is 3.52. The van der Waals surface area contributed by atoms with Gasteiger partial charge in [-0.2, -0.15) is 13.2 Å². The monoisotopic (exact) mass is 216 g/mol. The van der Waals surface area contributed by atoms with Crippen LogP contribution in [0.3, 0.4) is 0 Å². The van der Waals surface area contributed by atoms with Crippen molar-refractivity contribution >= 4 is 6.08 Å². The third kappa shape index (κ3) is 3.75. The number of hydrogen-bond donors (Lipinski definition) is 1. The van der Waals surface area contributed by atoms with Crippen molar-refractivity contribution in [2.24, 2.45) is 0 Å². The van der Waals surface area contributed by atoms with E-state index in [0.29, 0.717) is 5.56 Å². The molecule has 1 aromatic rings. The molecule has 1 aromatic carbocycles. The van der Waals surface area contributed by atoms with Crippen molar-refractivity contribution in [1.29, 1.82) is 0 Å². The van der Waals surface area contributed by atoms with E-state index in [9.17, 15) is 13.2 Å². The smallest absolute Gasteiger partial charge is 0.389 e. The largest absolute Gasteiger partial charge is 0.416 e. The lowest BCUT2D eigenvalue weighted by molar-refractivity contribution is -0.137. The molecule has 0 radical (unpaired) electrons. The van der Waals surface area contributed by atoms with Gasteiger partial charge in [-0.1, -0.05) is 24.3 Å². The Bertz CT molecular complexity index is 336. The summed E-state index contributed by atoms with van der Waals surface area (Å²) in [6.07, 6.45) is -1.83. The molecule has 1 N–H and O–H groups in total. The van der Waals surface area contributed by atoms with Crippen molar-refractivity contribution in [2.45, 2.75) is 19.2 Å². The topological polar surface area (TPSA) is 20.2 Å². The first-order valence-electron chi connectivity index (χ1n) is 4.43. The minimum atomic E-state index is -4.30. The van der Waals surface area contributed by atoms with Gasteiger partial charge in [0.2, 0.25) is 0 Å². The van der Waals surface area contributed by atoms with Crippen molar-refractivity contribution in [3.8, 4) is 0 Å². The summed E-state index contributed by atoms with van der Waals surface area (Å²) in [5.74, 6) is 0. The molecule has 0 spiro atoms. The Morgan fingerprint density at radius 2 is 1.73 bits per heavy atom. The number of rotatable bonds is 2. The summed E-state index contributed by atoms with van der Waals surface area (Å²) in [5, 5.41) is 8.93. The van der Waals surface area contributed by atoms with Gasteiger partial charge >= 0.3 is 6.18 Å². The normalized spacial score (nSPS) is 14.5. The first-order valence-corrected chi connectivity index (χ1v) is 4.43. The van der Waals surface area contributed by atoms with E-state index in [2.05, 4.69) is 0 Å². The third-order valence-electron chi connectivity index (χ3n) is 1.81. The average Bonchev–Trinajstić information content (AvgIpc) is 2.14. The molecular formula is C11H11F3O. The number of halogens is 3. The van der Waals surface area contributed by atoms with Gasteiger partial charge in [0.25, 0.3) is 0 Å². The number of aliphatic hydroxyl groups excluding tert-OH is 1. The summed E-state index contributed by atoms with van der Waals surface area (Å²) in [4.78, 5) is 0. The molecule has 1 atom stereocenters. The van der Waals surface area contributed by atoms with Crippen LogP contribution in [-0.2, 0) is 6.18 Å². The van der Waals surface area contributed by atoms with E-state index in [-0.39, 0.29) is 0 Å². The Hall–Kier alpha value is -1.29. The highest BCUT2D eigenvalue weighted by Gasteiger charge is 2.29. The van der Waals surface area contributed by atoms with Gasteiger partial charge in [-0.05, 0) is 24.6 Å². The first kappa shape index (κ1) is 11.8. The molecule has 0 bridgehead atoms. The van der Waals surface area contributed by atoms with Crippen LogP contribution in [0.4, 0.5) is 13.2 Å². The van der Waals surface area contributed by atoms with Crippen molar-refractivity contribution in [3.63, 3.8) is 0 Å². The molecule has 4 heteroatoms. The van der Waals surface area contributed by atoms with Gasteiger partial charge in [0.05, 0.1) is 11.7 Å². The zero-order valence-electron chi connectivity index (χ0n) is 8.12. The lowest BCUT2D eigenvalue weighted by atomic mass is 10.1. The quantitative estimate of drug-likeness (QED) is 0.805. The van der Waals surface area contributed by atoms with Gasteiger partial charge in [-0.15, -0.1) is 0 Å². The van der Waals surface area contributed by atoms with E-state index >= 15 is 0 Å². The van der Waals surface area contributed by atoms with Crippen molar-refractivity contribution in [1.82, 2.24) is 0 Å². The summed E-state index contributed by atoms with van der Waals surface area (Å²) in [6.45, 7) is 1.57. The van der Waals surface area contributed by atoms with Crippen LogP contribution in [0.1, 0.15) is 18.1 Å². The lowest BCUT2D eigenvalue weighted by Crippen LogP contribution is -2.04. The van der Waals surface area contributed by atoms with Crippen molar-refractivity contribution < 1.29 is 18.3 Å². The summed E-state index contributed by atoms with van der Waals surface area (Å²) in [7, 11) is 0. The molecule has 0 saturated heterocycles. The van der Waals surface area contributed by atoms with E-state index in [1.165, 1.54) is 18.2 Å². The van der Waals surface area contributed by atoms with Crippen LogP contribution in [-0.4, -0.2) is 11.2 Å². The Labute approximate surface area is 85.9 Å². The maximum absolute atomic E-state index is 12.2. The fraction of sp³-hybridized carbons (Fsp3) is 0.273. The van der Waals surface area contributed by atoms with Gasteiger partial charge in [-0.3, -0.25) is 0 Å². The third-order valence-corrected chi connectivity index (χ3v) is 1.81. The highest BCUT2D eigenvalue weighted by Crippen LogP contribution is 2.29. The minimum Gasteiger partial charge on any atom is -0.389 e. The van der Waals surface area contributed by atoms with Crippen LogP contribution in [0.25, 0.3) is 6.08 Å². The Morgan fingerprint density at radius 1 is 1.20 bits per heavy atom. The average molecular weight is 216 g/mol. The molecule has 0 fully saturated rings. The maximum atomic E-state index is 12.2. The Morgan fingerprint density at radius 3 is 2.13 bits per heavy atom. The number of aliphatic hydroxyl groups is 1. The summed E-state index contributed by atoms with van der Waals surface area (Å²) in [5.41, 5.74) is -0.0411. The molecule has 1 rings (SSSR count). The van der Waals surface area contributed by atoms with E-state index in [1.807, 2.05) is 0 Å². The van der Waals surface area contributed by atoms with Crippen LogP contribution < -0.4 is 0 Å². The van der Waals surface area contributed by atoms with Gasteiger partial charge in [0, 0.05) is 0 Å². The van der Waals surface area contributed by atoms with Crippen molar-refractivity contribution in [2.75, 3.05) is 0 Å². The number of hydrogen-bond acceptors (Lipinski definition) is 1. The fourth-order valence-electron chi connectivity index (χ4n) is 1.03. The SMILES string of the molecule is C[C@@H](O)/C=C/c1ccc(C(F)(F)F)cc1. The van der Waals surface area contributed by atoms with Crippen LogP contribution >= 0.6 is 0 Å². The molecule has 15 heavy (non-hydrogen) atoms. The van der Waals surface area contributed by atoms with Gasteiger partial charge < -0.3 is 5.11 Å². The van der Waals surface area contributed by atoms with Crippen molar-refractivity contribution in [3.05, 3.63) is 41.5 Å². The van der Waals surface area contributed by atoms with Gasteiger partial charge in [-0.25, -0.2) is 0 Å². The molecule has 0 aliphatic carbocycles. The van der Waals surface area contributed by atoms with E-state index < -0.39 is 17.8 Å². The zero-order valence-corrected chi connectivity index (χ0v) is 8.12. The zero-order chi connectivity index (χ0) is 11.5. The second-order valence-corrected chi connectivity index (χ2v) is 3.22. The minimum absolute atomic E-state index is 0.604. The summed E-state index contributed by atoms with van der Waals surface area (Å²) in [6, 6.07) is 4.76. The second kappa shape index (κ2) is 4.49. The predicted octanol–water partition coefficient (Wildman–Crippen LogP) is 3.10. The molecule has 0 amide bonds. The molecular weight excluding hydrogens is 205 g/mol. The van der Waals surface area contributed by atoms with Crippen LogP contribution in [0.2, 0.25) is 0 Å². The first-order chi connectivity index (χ1) is 6.89. The maximum Gasteiger partial charge on any atom is 0.416 e. The predicted molar refractivity (Wildman–Crippen MR) is 52.2 cm³/mol. The van der Waals surface area contributed by atoms with Crippen LogP contribution in [0.15, 0.2) is 30.3 Å². The second-order valence-electron chi connectivity index (χ2n) is 3.22. The number of alkyl halides is 3. The fourth-order valence-corrected chi connectivity index (χ4v) is 1.03. The lowest BCUT2D eigenvalue weighted by Gasteiger charge is -2.05. The van der Waals surface area contributed by atoms with Crippen LogP contribution in [0.5, 0.6) is 0 Å². The summed E-state index contributed by atoms with van der Waals surface area (Å²) >= 11 is 0. The summed E-state index contributed by atoms with van der Waals surface area (Å²) < 4.78 is 36.5. The standard InChI is InChI=1S/C11H11F3O/c1-8(15)2-3-9-4-6-10(7-5-9)11(12,13)14/h2-8,15H,1H3/b3-2+/t8-/m1/s1.